The van der Waals surface area contributed by atoms with Crippen LogP contribution in [0, 0.1) is 20.7 Å². The number of rotatable bonds is 0. The van der Waals surface area contributed by atoms with Crippen LogP contribution < -0.4 is 0 Å². The minimum Gasteiger partial charge on any atom is -0.370 e. The first-order valence-electron chi connectivity index (χ1n) is 1.62. The van der Waals surface area contributed by atoms with Crippen LogP contribution >= 0.6 is 0 Å². The predicted octanol–water partition coefficient (Wildman–Crippen LogP) is 1.24. The summed E-state index contributed by atoms with van der Waals surface area (Å²) in [5.74, 6) is 0. The number of hydrogen-bond donors (Lipinski definition) is 0. The van der Waals surface area contributed by atoms with Gasteiger partial charge in [0.1, 0.15) is 0 Å². The molecule has 0 amide bonds. The van der Waals surface area contributed by atoms with Gasteiger partial charge in [-0.3, -0.25) is 0 Å². The van der Waals surface area contributed by atoms with Crippen LogP contribution in [0.15, 0.2) is 0 Å². The van der Waals surface area contributed by atoms with Crippen molar-refractivity contribution in [2.75, 3.05) is 0 Å². The van der Waals surface area contributed by atoms with E-state index in [1.165, 1.54) is 6.32 Å². The molecular formula is C5H12B2Y. The van der Waals surface area contributed by atoms with Crippen LogP contribution in [-0.2, 0) is 32.7 Å². The molecule has 0 aliphatic rings. The second-order valence-corrected chi connectivity index (χ2v) is 0.333. The second-order valence-electron chi connectivity index (χ2n) is 0.333. The standard InChI is InChI=1S/C2H4B.C2H5.CH3.B.Y/c1-2-3;1-2;;;/h2H,1H3;1H2,2H3;1H3;;/q3*-1;;+3. The third-order valence-corrected chi connectivity index (χ3v) is 0. The zero-order chi connectivity index (χ0) is 4.71. The van der Waals surface area contributed by atoms with Crippen LogP contribution in [0.3, 0.4) is 0 Å². The Morgan fingerprint density at radius 3 is 1.38 bits per heavy atom. The van der Waals surface area contributed by atoms with E-state index in [0.717, 1.165) is 0 Å². The molecule has 0 aromatic heterocycles. The third-order valence-electron chi connectivity index (χ3n) is 0. The Labute approximate surface area is 83.1 Å². The molecule has 8 heavy (non-hydrogen) atoms. The van der Waals surface area contributed by atoms with Crippen molar-refractivity contribution in [2.45, 2.75) is 13.8 Å². The van der Waals surface area contributed by atoms with E-state index in [-0.39, 0.29) is 48.5 Å². The molecule has 0 aromatic carbocycles. The van der Waals surface area contributed by atoms with Crippen LogP contribution in [0.4, 0.5) is 0 Å². The summed E-state index contributed by atoms with van der Waals surface area (Å²) in [4.78, 5) is 0. The fourth-order valence-corrected chi connectivity index (χ4v) is 0. The van der Waals surface area contributed by atoms with Crippen molar-refractivity contribution < 1.29 is 32.7 Å². The van der Waals surface area contributed by atoms with Gasteiger partial charge in [0.05, 0.1) is 0 Å². The van der Waals surface area contributed by atoms with E-state index in [2.05, 4.69) is 6.92 Å². The van der Waals surface area contributed by atoms with Crippen LogP contribution in [0.2, 0.25) is 0 Å². The fraction of sp³-hybridized carbons (Fsp3) is 0.400. The van der Waals surface area contributed by atoms with Gasteiger partial charge in [-0.05, 0) is 0 Å². The summed E-state index contributed by atoms with van der Waals surface area (Å²) < 4.78 is 0. The molecule has 5 radical (unpaired) electrons. The zero-order valence-corrected chi connectivity index (χ0v) is 8.85. The van der Waals surface area contributed by atoms with E-state index >= 15 is 0 Å². The molecule has 0 saturated carbocycles. The molecule has 0 aromatic rings. The fourth-order valence-electron chi connectivity index (χ4n) is 0. The Kier molecular flexibility index (Phi) is 377. The van der Waals surface area contributed by atoms with Gasteiger partial charge < -0.3 is 20.7 Å². The Morgan fingerprint density at radius 1 is 1.38 bits per heavy atom. The quantitative estimate of drug-likeness (QED) is 0.391. The molecule has 0 aliphatic carbocycles. The van der Waals surface area contributed by atoms with Crippen molar-refractivity contribution in [1.29, 1.82) is 0 Å². The SMILES string of the molecule is [B].[B][CH-]C.[CH2-]C.[CH3-].[Y+3]. The average Bonchev–Trinajstić information content (AvgIpc) is 1.46. The third kappa shape index (κ3) is 185. The summed E-state index contributed by atoms with van der Waals surface area (Å²) in [7, 11) is 4.72. The van der Waals surface area contributed by atoms with Crippen molar-refractivity contribution in [1.82, 2.24) is 0 Å². The van der Waals surface area contributed by atoms with E-state index < -0.39 is 0 Å². The van der Waals surface area contributed by atoms with Crippen LogP contribution in [-0.4, -0.2) is 16.3 Å². The van der Waals surface area contributed by atoms with Crippen LogP contribution in [0.1, 0.15) is 13.8 Å². The van der Waals surface area contributed by atoms with Crippen LogP contribution in [0.5, 0.6) is 0 Å². The van der Waals surface area contributed by atoms with Gasteiger partial charge in [-0.2, -0.15) is 21.7 Å². The maximum absolute atomic E-state index is 4.72. The molecule has 0 saturated heterocycles. The van der Waals surface area contributed by atoms with Crippen molar-refractivity contribution in [2.24, 2.45) is 0 Å². The first-order valence-corrected chi connectivity index (χ1v) is 1.62. The van der Waals surface area contributed by atoms with Crippen molar-refractivity contribution in [3.63, 3.8) is 0 Å². The summed E-state index contributed by atoms with van der Waals surface area (Å²) in [5, 5.41) is 0. The molecule has 0 bridgehead atoms. The topological polar surface area (TPSA) is 0 Å². The van der Waals surface area contributed by atoms with Gasteiger partial charge in [0.15, 0.2) is 0 Å². The van der Waals surface area contributed by atoms with Gasteiger partial charge in [0.25, 0.3) is 0 Å². The summed E-state index contributed by atoms with van der Waals surface area (Å²) in [6, 6.07) is 0. The van der Waals surface area contributed by atoms with Gasteiger partial charge in [0, 0.05) is 8.41 Å². The van der Waals surface area contributed by atoms with Crippen molar-refractivity contribution in [3.05, 3.63) is 20.7 Å². The first-order chi connectivity index (χ1) is 2.41. The zero-order valence-electron chi connectivity index (χ0n) is 6.02. The normalized spacial score (nSPS) is 2.88. The Morgan fingerprint density at radius 2 is 1.38 bits per heavy atom. The molecule has 41 valence electrons. The van der Waals surface area contributed by atoms with Crippen LogP contribution in [0.25, 0.3) is 0 Å². The van der Waals surface area contributed by atoms with Gasteiger partial charge >= 0.3 is 32.7 Å². The van der Waals surface area contributed by atoms with Crippen molar-refractivity contribution in [3.8, 4) is 0 Å². The van der Waals surface area contributed by atoms with E-state index in [1.54, 1.807) is 13.8 Å². The molecule has 0 fully saturated rings. The molecule has 0 N–H and O–H groups in total. The maximum Gasteiger partial charge on any atom is 3.00 e. The maximum atomic E-state index is 4.72. The largest absolute Gasteiger partial charge is 3.00 e. The number of hydrogen-bond acceptors (Lipinski definition) is 0. The second kappa shape index (κ2) is 86.3. The molecule has 0 nitrogen and oxygen atoms in total. The van der Waals surface area contributed by atoms with Gasteiger partial charge in [-0.25, -0.2) is 0 Å². The molecule has 0 unspecified atom stereocenters. The molecule has 0 heterocycles. The smallest absolute Gasteiger partial charge is 0.370 e. The minimum absolute atomic E-state index is 0. The first kappa shape index (κ1) is 34.9. The summed E-state index contributed by atoms with van der Waals surface area (Å²) in [6.45, 7) is 6.78. The van der Waals surface area contributed by atoms with Crippen molar-refractivity contribution >= 4 is 16.3 Å². The summed E-state index contributed by atoms with van der Waals surface area (Å²) in [6.07, 6.45) is 1.50. The molecule has 0 rings (SSSR count). The average molecular weight is 183 g/mol. The van der Waals surface area contributed by atoms with Gasteiger partial charge in [-0.1, -0.05) is 0 Å². The van der Waals surface area contributed by atoms with E-state index in [1.807, 2.05) is 0 Å². The Hall–Kier alpha value is 1.23. The molecule has 0 aliphatic heterocycles. The summed E-state index contributed by atoms with van der Waals surface area (Å²) >= 11 is 0. The molecule has 0 atom stereocenters. The van der Waals surface area contributed by atoms with E-state index in [4.69, 9.17) is 7.85 Å². The predicted molar refractivity (Wildman–Crippen MR) is 38.9 cm³/mol. The van der Waals surface area contributed by atoms with E-state index in [9.17, 15) is 0 Å². The Balaban J connectivity index is -0.00000000567. The summed E-state index contributed by atoms with van der Waals surface area (Å²) in [5.41, 5.74) is 0. The minimum atomic E-state index is 0. The molecular weight excluding hydrogens is 171 g/mol. The monoisotopic (exact) mass is 183 g/mol. The molecule has 3 heteroatoms. The van der Waals surface area contributed by atoms with Gasteiger partial charge in [-0.15, -0.1) is 0 Å². The van der Waals surface area contributed by atoms with E-state index in [0.29, 0.717) is 0 Å². The Bertz CT molecular complexity index is 10.4. The molecule has 0 spiro atoms. The van der Waals surface area contributed by atoms with Gasteiger partial charge in [0.2, 0.25) is 0 Å².